The molecule has 5 heteroatoms. The molecule has 4 aromatic heterocycles. The molecule has 1 fully saturated rings. The molecule has 0 saturated heterocycles. The summed E-state index contributed by atoms with van der Waals surface area (Å²) in [5.74, 6) is 0.637. The van der Waals surface area contributed by atoms with Gasteiger partial charge in [-0.1, -0.05) is 103 Å². The molecule has 0 bridgehead atoms. The van der Waals surface area contributed by atoms with Crippen molar-refractivity contribution in [2.75, 3.05) is 0 Å². The number of pyridine rings is 3. The Morgan fingerprint density at radius 3 is 2.04 bits per heavy atom. The molecule has 283 valence electrons. The van der Waals surface area contributed by atoms with Gasteiger partial charge in [-0.2, -0.15) is 0 Å². The second-order valence-electron chi connectivity index (χ2n) is 15.3. The van der Waals surface area contributed by atoms with Crippen molar-refractivity contribution in [1.82, 2.24) is 15.0 Å². The van der Waals surface area contributed by atoms with Crippen LogP contribution in [0.15, 0.2) is 114 Å². The van der Waals surface area contributed by atoms with Crippen LogP contribution in [0.4, 0.5) is 0 Å². The summed E-state index contributed by atoms with van der Waals surface area (Å²) in [5, 5.41) is 2.06. The summed E-state index contributed by atoms with van der Waals surface area (Å²) >= 11 is 0. The van der Waals surface area contributed by atoms with Crippen molar-refractivity contribution >= 4 is 22.1 Å². The SMILES string of the molecule is Cc1c[c-]c(-c2cc(C)c(C)cn2)cc1.Cc1cc(-c2[c-]ccc3c2oc2nc(-c4c(C)cc(-c5ccccc5)cc4C)ccc23)ncc1C1CCCCC1.[Ir]. The average Bonchev–Trinajstić information content (AvgIpc) is 3.58. The van der Waals surface area contributed by atoms with Gasteiger partial charge in [-0.15, -0.1) is 53.6 Å². The second-order valence-corrected chi connectivity index (χ2v) is 15.3. The summed E-state index contributed by atoms with van der Waals surface area (Å²) in [6.07, 6.45) is 10.6. The van der Waals surface area contributed by atoms with Crippen LogP contribution in [0.5, 0.6) is 0 Å². The Morgan fingerprint density at radius 1 is 0.607 bits per heavy atom. The number of hydrogen-bond acceptors (Lipinski definition) is 4. The largest absolute Gasteiger partial charge is 0.486 e. The quantitative estimate of drug-likeness (QED) is 0.161. The maximum absolute atomic E-state index is 6.48. The topological polar surface area (TPSA) is 51.8 Å². The van der Waals surface area contributed by atoms with Crippen molar-refractivity contribution in [3.8, 4) is 44.9 Å². The van der Waals surface area contributed by atoms with E-state index in [-0.39, 0.29) is 20.1 Å². The van der Waals surface area contributed by atoms with Gasteiger partial charge in [0.1, 0.15) is 0 Å². The molecule has 0 amide bonds. The molecule has 56 heavy (non-hydrogen) atoms. The predicted molar refractivity (Wildman–Crippen MR) is 227 cm³/mol. The van der Waals surface area contributed by atoms with E-state index in [9.17, 15) is 0 Å². The molecule has 0 unspecified atom stereocenters. The smallest absolute Gasteiger partial charge is 0.216 e. The number of nitrogens with zero attached hydrogens (tertiary/aromatic N) is 3. The number of hydrogen-bond donors (Lipinski definition) is 0. The first-order valence-corrected chi connectivity index (χ1v) is 19.5. The van der Waals surface area contributed by atoms with Crippen molar-refractivity contribution in [3.05, 3.63) is 161 Å². The van der Waals surface area contributed by atoms with E-state index in [1.807, 2.05) is 18.3 Å². The summed E-state index contributed by atoms with van der Waals surface area (Å²) in [6, 6.07) is 40.4. The van der Waals surface area contributed by atoms with Gasteiger partial charge in [0.05, 0.1) is 11.3 Å². The molecular weight excluding hydrogens is 863 g/mol. The van der Waals surface area contributed by atoms with E-state index < -0.39 is 0 Å². The Hall–Kier alpha value is -5.22. The first-order chi connectivity index (χ1) is 26.7. The standard InChI is InChI=1S/C37H33N2O.C14H14N.Ir/c1-23-21-34(38-22-32(23)27-13-8-5-9-14-27)31-16-10-15-29-30-17-18-33(39-37(30)40-36(29)31)35-24(2)19-28(20-25(35)3)26-11-6-4-7-12-26;1-10-4-6-13(7-5-10)14-8-11(2)12(3)9-15-14;/h4,6-7,10-12,15,17-22,27H,5,8-9,13-14H2,1-3H3;4-6,8-9H,1-3H3;/q2*-1;. The van der Waals surface area contributed by atoms with E-state index in [0.717, 1.165) is 50.1 Å². The van der Waals surface area contributed by atoms with Crippen molar-refractivity contribution in [2.45, 2.75) is 79.6 Å². The summed E-state index contributed by atoms with van der Waals surface area (Å²) < 4.78 is 6.48. The van der Waals surface area contributed by atoms with E-state index in [4.69, 9.17) is 14.4 Å². The molecule has 4 aromatic carbocycles. The van der Waals surface area contributed by atoms with Crippen LogP contribution >= 0.6 is 0 Å². The van der Waals surface area contributed by atoms with Crippen LogP contribution in [0, 0.1) is 53.7 Å². The number of furan rings is 1. The van der Waals surface area contributed by atoms with Gasteiger partial charge in [-0.25, -0.2) is 4.98 Å². The average molecular weight is 910 g/mol. The third kappa shape index (κ3) is 8.03. The van der Waals surface area contributed by atoms with Gasteiger partial charge >= 0.3 is 0 Å². The number of rotatable bonds is 5. The van der Waals surface area contributed by atoms with Gasteiger partial charge in [-0.05, 0) is 110 Å². The molecule has 0 atom stereocenters. The van der Waals surface area contributed by atoms with Gasteiger partial charge < -0.3 is 14.4 Å². The molecule has 4 heterocycles. The Kier molecular flexibility index (Phi) is 11.8. The fraction of sp³-hybridized carbons (Fsp3) is 0.235. The zero-order chi connectivity index (χ0) is 38.1. The fourth-order valence-corrected chi connectivity index (χ4v) is 8.09. The Morgan fingerprint density at radius 2 is 1.34 bits per heavy atom. The zero-order valence-electron chi connectivity index (χ0n) is 33.1. The van der Waals surface area contributed by atoms with Crippen molar-refractivity contribution in [2.24, 2.45) is 0 Å². The van der Waals surface area contributed by atoms with E-state index in [1.165, 1.54) is 82.2 Å². The molecule has 1 aliphatic rings. The van der Waals surface area contributed by atoms with E-state index >= 15 is 0 Å². The van der Waals surface area contributed by atoms with Crippen LogP contribution in [-0.2, 0) is 20.1 Å². The van der Waals surface area contributed by atoms with E-state index in [1.54, 1.807) is 0 Å². The van der Waals surface area contributed by atoms with Crippen LogP contribution in [-0.4, -0.2) is 15.0 Å². The number of benzene rings is 4. The minimum absolute atomic E-state index is 0. The molecule has 4 nitrogen and oxygen atoms in total. The molecule has 0 spiro atoms. The fourth-order valence-electron chi connectivity index (χ4n) is 8.09. The van der Waals surface area contributed by atoms with E-state index in [0.29, 0.717) is 11.6 Å². The Bertz CT molecular complexity index is 2610. The molecule has 8 aromatic rings. The van der Waals surface area contributed by atoms with Gasteiger partial charge in [0.25, 0.3) is 0 Å². The zero-order valence-corrected chi connectivity index (χ0v) is 35.5. The number of aryl methyl sites for hydroxylation is 6. The van der Waals surface area contributed by atoms with Crippen LogP contribution < -0.4 is 0 Å². The third-order valence-corrected chi connectivity index (χ3v) is 11.3. The van der Waals surface area contributed by atoms with Crippen LogP contribution in [0.25, 0.3) is 67.0 Å². The van der Waals surface area contributed by atoms with Crippen LogP contribution in [0.1, 0.15) is 77.0 Å². The molecular formula is C51H47IrN3O-2. The molecule has 1 aliphatic carbocycles. The van der Waals surface area contributed by atoms with Crippen molar-refractivity contribution in [1.29, 1.82) is 0 Å². The normalized spacial score (nSPS) is 13.0. The van der Waals surface area contributed by atoms with Crippen LogP contribution in [0.2, 0.25) is 0 Å². The predicted octanol–water partition coefficient (Wildman–Crippen LogP) is 13.6. The first kappa shape index (κ1) is 39.0. The molecule has 0 N–H and O–H groups in total. The number of fused-ring (bicyclic) bond motifs is 3. The molecule has 1 saturated carbocycles. The van der Waals surface area contributed by atoms with Gasteiger partial charge in [0.15, 0.2) is 0 Å². The van der Waals surface area contributed by atoms with Crippen molar-refractivity contribution in [3.63, 3.8) is 0 Å². The van der Waals surface area contributed by atoms with Gasteiger partial charge in [-0.3, -0.25) is 0 Å². The minimum Gasteiger partial charge on any atom is -0.486 e. The molecule has 0 aliphatic heterocycles. The summed E-state index contributed by atoms with van der Waals surface area (Å²) in [6.45, 7) is 12.8. The maximum Gasteiger partial charge on any atom is 0.216 e. The first-order valence-electron chi connectivity index (χ1n) is 19.5. The Balaban J connectivity index is 0.000000253. The summed E-state index contributed by atoms with van der Waals surface area (Å²) in [4.78, 5) is 14.4. The monoisotopic (exact) mass is 910 g/mol. The maximum atomic E-state index is 6.48. The minimum atomic E-state index is 0. The van der Waals surface area contributed by atoms with Crippen LogP contribution in [0.3, 0.4) is 0 Å². The van der Waals surface area contributed by atoms with Gasteiger partial charge in [0.2, 0.25) is 5.71 Å². The van der Waals surface area contributed by atoms with E-state index in [2.05, 4.69) is 150 Å². The third-order valence-electron chi connectivity index (χ3n) is 11.3. The molecule has 1 radical (unpaired) electrons. The summed E-state index contributed by atoms with van der Waals surface area (Å²) in [7, 11) is 0. The second kappa shape index (κ2) is 16.9. The molecule has 9 rings (SSSR count). The van der Waals surface area contributed by atoms with Crippen molar-refractivity contribution < 1.29 is 24.5 Å². The Labute approximate surface area is 344 Å². The van der Waals surface area contributed by atoms with Gasteiger partial charge in [0, 0.05) is 43.4 Å². The summed E-state index contributed by atoms with van der Waals surface area (Å²) in [5.41, 5.74) is 18.7. The number of aromatic nitrogens is 3.